The summed E-state index contributed by atoms with van der Waals surface area (Å²) >= 11 is 1.62. The molecule has 2 saturated heterocycles. The molecule has 2 aliphatic rings. The predicted octanol–water partition coefficient (Wildman–Crippen LogP) is 2.86. The summed E-state index contributed by atoms with van der Waals surface area (Å²) in [6.07, 6.45) is 5.18. The van der Waals surface area contributed by atoms with Crippen molar-refractivity contribution in [3.8, 4) is 5.88 Å². The number of amides is 1. The van der Waals surface area contributed by atoms with Gasteiger partial charge in [0.2, 0.25) is 5.88 Å². The van der Waals surface area contributed by atoms with Crippen molar-refractivity contribution in [1.29, 1.82) is 0 Å². The molecule has 2 aromatic rings. The van der Waals surface area contributed by atoms with E-state index in [1.807, 2.05) is 36.4 Å². The molecule has 130 valence electrons. The van der Waals surface area contributed by atoms with Crippen molar-refractivity contribution in [2.45, 2.75) is 47.2 Å². The molecular weight excluding hydrogens is 334 g/mol. The van der Waals surface area contributed by atoms with Gasteiger partial charge in [0.05, 0.1) is 7.11 Å². The van der Waals surface area contributed by atoms with E-state index >= 15 is 0 Å². The minimum Gasteiger partial charge on any atom is -0.481 e. The second-order valence-corrected chi connectivity index (χ2v) is 7.67. The highest BCUT2D eigenvalue weighted by Gasteiger charge is 2.39. The number of hydrogen-bond acceptors (Lipinski definition) is 5. The summed E-state index contributed by atoms with van der Waals surface area (Å²) in [4.78, 5) is 18.7. The third kappa shape index (κ3) is 3.65. The molecule has 0 radical (unpaired) electrons. The van der Waals surface area contributed by atoms with Crippen LogP contribution in [0.4, 0.5) is 0 Å². The van der Waals surface area contributed by atoms with Gasteiger partial charge in [0.15, 0.2) is 0 Å². The largest absolute Gasteiger partial charge is 0.481 e. The van der Waals surface area contributed by atoms with Crippen molar-refractivity contribution in [1.82, 2.24) is 15.6 Å². The van der Waals surface area contributed by atoms with Gasteiger partial charge in [-0.2, -0.15) is 0 Å². The molecule has 1 aromatic heterocycles. The maximum absolute atomic E-state index is 12.5. The van der Waals surface area contributed by atoms with Gasteiger partial charge in [-0.3, -0.25) is 4.79 Å². The molecule has 6 heteroatoms. The lowest BCUT2D eigenvalue weighted by Crippen LogP contribution is -2.42. The van der Waals surface area contributed by atoms with Crippen LogP contribution in [0.15, 0.2) is 52.4 Å². The summed E-state index contributed by atoms with van der Waals surface area (Å²) in [5, 5.41) is 6.72. The van der Waals surface area contributed by atoms with E-state index in [1.165, 1.54) is 12.8 Å². The van der Waals surface area contributed by atoms with E-state index < -0.39 is 0 Å². The molecule has 2 fully saturated rings. The summed E-state index contributed by atoms with van der Waals surface area (Å²) in [7, 11) is 1.61. The number of carbonyl (C=O) groups is 1. The van der Waals surface area contributed by atoms with Crippen LogP contribution in [0, 0.1) is 0 Å². The van der Waals surface area contributed by atoms with Crippen molar-refractivity contribution < 1.29 is 9.53 Å². The lowest BCUT2D eigenvalue weighted by atomic mass is 9.95. The number of pyridine rings is 1. The molecule has 4 rings (SSSR count). The fourth-order valence-corrected chi connectivity index (χ4v) is 4.45. The minimum absolute atomic E-state index is 0.0153. The van der Waals surface area contributed by atoms with E-state index in [4.69, 9.17) is 4.74 Å². The molecule has 2 bridgehead atoms. The van der Waals surface area contributed by atoms with Crippen LogP contribution in [0.2, 0.25) is 0 Å². The van der Waals surface area contributed by atoms with Crippen LogP contribution in [0.3, 0.4) is 0 Å². The van der Waals surface area contributed by atoms with Gasteiger partial charge < -0.3 is 15.4 Å². The Morgan fingerprint density at radius 2 is 2.08 bits per heavy atom. The van der Waals surface area contributed by atoms with Gasteiger partial charge in [-0.15, -0.1) is 0 Å². The SMILES string of the molecule is COc1cc(Sc2ccc(C(=O)NC3CC4CCC3N4)cc2)ccn1. The summed E-state index contributed by atoms with van der Waals surface area (Å²) in [5.41, 5.74) is 0.708. The van der Waals surface area contributed by atoms with Crippen LogP contribution in [-0.4, -0.2) is 36.1 Å². The first-order valence-electron chi connectivity index (χ1n) is 8.56. The van der Waals surface area contributed by atoms with Gasteiger partial charge in [-0.25, -0.2) is 4.98 Å². The Hall–Kier alpha value is -2.05. The first kappa shape index (κ1) is 16.4. The van der Waals surface area contributed by atoms with E-state index in [2.05, 4.69) is 15.6 Å². The molecule has 25 heavy (non-hydrogen) atoms. The number of fused-ring (bicyclic) bond motifs is 2. The molecule has 2 N–H and O–H groups in total. The topological polar surface area (TPSA) is 63.2 Å². The van der Waals surface area contributed by atoms with Gasteiger partial charge in [0.25, 0.3) is 5.91 Å². The van der Waals surface area contributed by atoms with Crippen LogP contribution >= 0.6 is 11.8 Å². The Bertz CT molecular complexity index is 766. The maximum atomic E-state index is 12.5. The van der Waals surface area contributed by atoms with Crippen LogP contribution in [-0.2, 0) is 0 Å². The Kier molecular flexibility index (Phi) is 4.63. The van der Waals surface area contributed by atoms with Gasteiger partial charge in [0, 0.05) is 45.7 Å². The average Bonchev–Trinajstić information content (AvgIpc) is 3.25. The van der Waals surface area contributed by atoms with Crippen molar-refractivity contribution in [2.75, 3.05) is 7.11 Å². The van der Waals surface area contributed by atoms with Crippen LogP contribution in [0.25, 0.3) is 0 Å². The molecule has 2 aliphatic heterocycles. The van der Waals surface area contributed by atoms with E-state index in [1.54, 1.807) is 25.1 Å². The summed E-state index contributed by atoms with van der Waals surface area (Å²) < 4.78 is 5.14. The van der Waals surface area contributed by atoms with Crippen molar-refractivity contribution >= 4 is 17.7 Å². The molecule has 1 aromatic carbocycles. The number of hydrogen-bond donors (Lipinski definition) is 2. The number of nitrogens with one attached hydrogen (secondary N) is 2. The van der Waals surface area contributed by atoms with Crippen molar-refractivity contribution in [2.24, 2.45) is 0 Å². The number of benzene rings is 1. The fraction of sp³-hybridized carbons (Fsp3) is 0.368. The highest BCUT2D eigenvalue weighted by Crippen LogP contribution is 2.30. The third-order valence-corrected chi connectivity index (χ3v) is 5.88. The van der Waals surface area contributed by atoms with E-state index in [0.717, 1.165) is 16.2 Å². The highest BCUT2D eigenvalue weighted by atomic mass is 32.2. The Morgan fingerprint density at radius 1 is 1.24 bits per heavy atom. The third-order valence-electron chi connectivity index (χ3n) is 4.88. The van der Waals surface area contributed by atoms with Gasteiger partial charge in [-0.05, 0) is 49.6 Å². The fourth-order valence-electron chi connectivity index (χ4n) is 3.61. The quantitative estimate of drug-likeness (QED) is 0.863. The monoisotopic (exact) mass is 355 g/mol. The van der Waals surface area contributed by atoms with Crippen LogP contribution < -0.4 is 15.4 Å². The highest BCUT2D eigenvalue weighted by molar-refractivity contribution is 7.99. The zero-order valence-electron chi connectivity index (χ0n) is 14.1. The zero-order chi connectivity index (χ0) is 17.2. The maximum Gasteiger partial charge on any atom is 0.251 e. The molecule has 3 atom stereocenters. The number of nitrogens with zero attached hydrogens (tertiary/aromatic N) is 1. The van der Waals surface area contributed by atoms with Crippen LogP contribution in [0.5, 0.6) is 5.88 Å². The lowest BCUT2D eigenvalue weighted by molar-refractivity contribution is 0.0931. The Labute approximate surface area is 151 Å². The first-order chi connectivity index (χ1) is 12.2. The Balaban J connectivity index is 1.38. The molecule has 3 heterocycles. The van der Waals surface area contributed by atoms with E-state index in [9.17, 15) is 4.79 Å². The first-order valence-corrected chi connectivity index (χ1v) is 9.38. The molecule has 5 nitrogen and oxygen atoms in total. The number of rotatable bonds is 5. The molecule has 0 aliphatic carbocycles. The summed E-state index contributed by atoms with van der Waals surface area (Å²) in [6, 6.07) is 12.9. The number of ether oxygens (including phenoxy) is 1. The van der Waals surface area contributed by atoms with Gasteiger partial charge >= 0.3 is 0 Å². The van der Waals surface area contributed by atoms with E-state index in [0.29, 0.717) is 23.5 Å². The smallest absolute Gasteiger partial charge is 0.251 e. The molecule has 0 saturated carbocycles. The predicted molar refractivity (Wildman–Crippen MR) is 97.2 cm³/mol. The van der Waals surface area contributed by atoms with Gasteiger partial charge in [-0.1, -0.05) is 11.8 Å². The zero-order valence-corrected chi connectivity index (χ0v) is 14.9. The second-order valence-electron chi connectivity index (χ2n) is 6.52. The molecule has 0 spiro atoms. The van der Waals surface area contributed by atoms with Gasteiger partial charge in [0.1, 0.15) is 0 Å². The van der Waals surface area contributed by atoms with Crippen molar-refractivity contribution in [3.63, 3.8) is 0 Å². The van der Waals surface area contributed by atoms with Crippen LogP contribution in [0.1, 0.15) is 29.6 Å². The average molecular weight is 355 g/mol. The van der Waals surface area contributed by atoms with Crippen molar-refractivity contribution in [3.05, 3.63) is 48.2 Å². The lowest BCUT2D eigenvalue weighted by Gasteiger charge is -2.21. The number of carbonyl (C=O) groups excluding carboxylic acids is 1. The minimum atomic E-state index is 0.0153. The molecular formula is C19H21N3O2S. The normalized spacial score (nSPS) is 24.3. The number of aromatic nitrogens is 1. The second kappa shape index (κ2) is 7.06. The molecule has 3 unspecified atom stereocenters. The Morgan fingerprint density at radius 3 is 2.76 bits per heavy atom. The standard InChI is InChI=1S/C19H21N3O2S/c1-24-18-11-15(8-9-20-18)25-14-5-2-12(3-6-14)19(23)22-17-10-13-4-7-16(17)21-13/h2-3,5-6,8-9,11,13,16-17,21H,4,7,10H2,1H3,(H,22,23). The summed E-state index contributed by atoms with van der Waals surface area (Å²) in [6.45, 7) is 0. The number of methoxy groups -OCH3 is 1. The summed E-state index contributed by atoms with van der Waals surface area (Å²) in [5.74, 6) is 0.613. The molecule has 1 amide bonds. The van der Waals surface area contributed by atoms with E-state index in [-0.39, 0.29) is 11.9 Å².